The van der Waals surface area contributed by atoms with Crippen LogP contribution in [0.3, 0.4) is 0 Å². The molecular formula is C63H122O17P2. The van der Waals surface area contributed by atoms with E-state index in [1.807, 2.05) is 0 Å². The van der Waals surface area contributed by atoms with Gasteiger partial charge in [-0.2, -0.15) is 0 Å². The van der Waals surface area contributed by atoms with Gasteiger partial charge in [0.1, 0.15) is 19.3 Å². The highest BCUT2D eigenvalue weighted by Crippen LogP contribution is 2.45. The molecule has 17 nitrogen and oxygen atoms in total. The van der Waals surface area contributed by atoms with Crippen LogP contribution in [0, 0.1) is 17.8 Å². The Morgan fingerprint density at radius 2 is 0.561 bits per heavy atom. The van der Waals surface area contributed by atoms with Gasteiger partial charge in [-0.3, -0.25) is 37.3 Å². The number of rotatable bonds is 61. The van der Waals surface area contributed by atoms with Crippen molar-refractivity contribution in [2.24, 2.45) is 17.8 Å². The summed E-state index contributed by atoms with van der Waals surface area (Å²) in [7, 11) is -9.88. The molecule has 0 amide bonds. The van der Waals surface area contributed by atoms with Crippen LogP contribution in [0.25, 0.3) is 0 Å². The first-order chi connectivity index (χ1) is 39.2. The third-order valence-corrected chi connectivity index (χ3v) is 16.3. The number of unbranched alkanes of at least 4 members (excludes halogenated alkanes) is 29. The number of carbonyl (C=O) groups is 4. The molecule has 82 heavy (non-hydrogen) atoms. The zero-order chi connectivity index (χ0) is 61.0. The molecule has 3 N–H and O–H groups in total. The average molecular weight is 1210 g/mol. The van der Waals surface area contributed by atoms with Crippen LogP contribution in [0.2, 0.25) is 0 Å². The van der Waals surface area contributed by atoms with Crippen LogP contribution in [0.5, 0.6) is 0 Å². The SMILES string of the molecule is CCCCCCCCCCC(=O)OC[C@H](COP(=O)(O)OC[C@H](O)COP(=O)(O)OC[C@@H](COC(=O)CCCCCCCCCCC(C)C)OC(=O)CCCCCCCCCCCCCC(C)C)OC(=O)CCCCCCCCC(C)C. The number of carbonyl (C=O) groups excluding carboxylic acids is 4. The maximum absolute atomic E-state index is 13.0. The van der Waals surface area contributed by atoms with Crippen LogP contribution >= 0.6 is 15.6 Å². The molecule has 0 bridgehead atoms. The van der Waals surface area contributed by atoms with Crippen molar-refractivity contribution in [3.63, 3.8) is 0 Å². The fourth-order valence-electron chi connectivity index (χ4n) is 9.30. The number of hydrogen-bond donors (Lipinski definition) is 3. The zero-order valence-corrected chi connectivity index (χ0v) is 54.7. The monoisotopic (exact) mass is 1210 g/mol. The lowest BCUT2D eigenvalue weighted by Gasteiger charge is -2.21. The van der Waals surface area contributed by atoms with Crippen LogP contribution < -0.4 is 0 Å². The van der Waals surface area contributed by atoms with Gasteiger partial charge in [0.25, 0.3) is 0 Å². The molecule has 5 atom stereocenters. The first kappa shape index (κ1) is 80.1. The second kappa shape index (κ2) is 54.5. The van der Waals surface area contributed by atoms with E-state index in [4.69, 9.17) is 37.0 Å². The molecule has 0 aromatic rings. The molecular weight excluding hydrogens is 1090 g/mol. The number of aliphatic hydroxyl groups excluding tert-OH is 1. The van der Waals surface area contributed by atoms with Gasteiger partial charge in [-0.15, -0.1) is 0 Å². The molecule has 0 radical (unpaired) electrons. The Morgan fingerprint density at radius 3 is 0.829 bits per heavy atom. The van der Waals surface area contributed by atoms with Crippen LogP contribution in [0.1, 0.15) is 305 Å². The van der Waals surface area contributed by atoms with Gasteiger partial charge in [0, 0.05) is 25.7 Å². The van der Waals surface area contributed by atoms with Crippen molar-refractivity contribution in [1.29, 1.82) is 0 Å². The van der Waals surface area contributed by atoms with Crippen molar-refractivity contribution in [2.75, 3.05) is 39.6 Å². The van der Waals surface area contributed by atoms with Gasteiger partial charge in [-0.05, 0) is 43.4 Å². The molecule has 0 fully saturated rings. The zero-order valence-electron chi connectivity index (χ0n) is 52.9. The highest BCUT2D eigenvalue weighted by molar-refractivity contribution is 7.47. The fraction of sp³-hybridized carbons (Fsp3) is 0.937. The second-order valence-corrected chi connectivity index (χ2v) is 27.1. The highest BCUT2D eigenvalue weighted by Gasteiger charge is 2.30. The molecule has 0 rings (SSSR count). The van der Waals surface area contributed by atoms with Gasteiger partial charge in [-0.1, -0.05) is 254 Å². The van der Waals surface area contributed by atoms with Gasteiger partial charge in [0.05, 0.1) is 26.4 Å². The first-order valence-electron chi connectivity index (χ1n) is 32.8. The Bertz CT molecular complexity index is 1630. The third-order valence-electron chi connectivity index (χ3n) is 14.4. The highest BCUT2D eigenvalue weighted by atomic mass is 31.2. The lowest BCUT2D eigenvalue weighted by Crippen LogP contribution is -2.30. The number of phosphoric ester groups is 2. The minimum absolute atomic E-state index is 0.101. The lowest BCUT2D eigenvalue weighted by molar-refractivity contribution is -0.161. The summed E-state index contributed by atoms with van der Waals surface area (Å²) in [5.74, 6) is 0.0177. The van der Waals surface area contributed by atoms with Crippen LogP contribution in [0.15, 0.2) is 0 Å². The van der Waals surface area contributed by atoms with Crippen molar-refractivity contribution >= 4 is 39.5 Å². The maximum atomic E-state index is 13.0. The Kier molecular flexibility index (Phi) is 53.2. The number of phosphoric acid groups is 2. The predicted octanol–water partition coefficient (Wildman–Crippen LogP) is 17.1. The molecule has 0 aromatic heterocycles. The quantitative estimate of drug-likeness (QED) is 0.0222. The summed E-state index contributed by atoms with van der Waals surface area (Å²) >= 11 is 0. The molecule has 19 heteroatoms. The van der Waals surface area contributed by atoms with E-state index in [0.29, 0.717) is 31.6 Å². The van der Waals surface area contributed by atoms with E-state index in [9.17, 15) is 43.2 Å². The normalized spacial score (nSPS) is 14.4. The van der Waals surface area contributed by atoms with E-state index in [2.05, 4.69) is 48.5 Å². The van der Waals surface area contributed by atoms with Gasteiger partial charge in [0.2, 0.25) is 0 Å². The van der Waals surface area contributed by atoms with Crippen LogP contribution in [0.4, 0.5) is 0 Å². The topological polar surface area (TPSA) is 237 Å². The van der Waals surface area contributed by atoms with Crippen molar-refractivity contribution in [1.82, 2.24) is 0 Å². The van der Waals surface area contributed by atoms with Crippen molar-refractivity contribution in [3.8, 4) is 0 Å². The summed E-state index contributed by atoms with van der Waals surface area (Å²) in [6, 6.07) is 0. The van der Waals surface area contributed by atoms with Gasteiger partial charge >= 0.3 is 39.5 Å². The molecule has 0 spiro atoms. The van der Waals surface area contributed by atoms with Gasteiger partial charge in [-0.25, -0.2) is 9.13 Å². The summed E-state index contributed by atoms with van der Waals surface area (Å²) in [6.07, 6.45) is 35.1. The number of ether oxygens (including phenoxy) is 4. The van der Waals surface area contributed by atoms with E-state index >= 15 is 0 Å². The van der Waals surface area contributed by atoms with Crippen LogP contribution in [-0.2, 0) is 65.4 Å². The van der Waals surface area contributed by atoms with Gasteiger partial charge < -0.3 is 33.8 Å². The number of aliphatic hydroxyl groups is 1. The molecule has 0 saturated heterocycles. The van der Waals surface area contributed by atoms with E-state index in [0.717, 1.165) is 108 Å². The van der Waals surface area contributed by atoms with E-state index in [1.165, 1.54) is 109 Å². The minimum Gasteiger partial charge on any atom is -0.462 e. The minimum atomic E-state index is -4.94. The van der Waals surface area contributed by atoms with E-state index < -0.39 is 97.5 Å². The Morgan fingerprint density at radius 1 is 0.329 bits per heavy atom. The van der Waals surface area contributed by atoms with Crippen LogP contribution in [-0.4, -0.2) is 96.7 Å². The van der Waals surface area contributed by atoms with E-state index in [1.54, 1.807) is 0 Å². The number of esters is 4. The largest absolute Gasteiger partial charge is 0.472 e. The first-order valence-corrected chi connectivity index (χ1v) is 35.8. The molecule has 0 heterocycles. The molecule has 0 saturated carbocycles. The second-order valence-electron chi connectivity index (χ2n) is 24.2. The molecule has 0 aliphatic carbocycles. The number of hydrogen-bond acceptors (Lipinski definition) is 15. The molecule has 0 aliphatic rings. The predicted molar refractivity (Wildman–Crippen MR) is 326 cm³/mol. The van der Waals surface area contributed by atoms with Gasteiger partial charge in [0.15, 0.2) is 12.2 Å². The summed E-state index contributed by atoms with van der Waals surface area (Å²) in [5, 5.41) is 10.5. The molecule has 486 valence electrons. The Balaban J connectivity index is 5.23. The van der Waals surface area contributed by atoms with Crippen molar-refractivity contribution < 1.29 is 80.2 Å². The smallest absolute Gasteiger partial charge is 0.462 e. The average Bonchev–Trinajstić information content (AvgIpc) is 3.44. The van der Waals surface area contributed by atoms with Crippen molar-refractivity contribution in [3.05, 3.63) is 0 Å². The Labute approximate surface area is 498 Å². The standard InChI is InChI=1S/C63H122O17P2/c1-8-9-10-11-12-22-30-37-44-60(65)73-51-59(80-63(68)47-40-33-26-25-29-36-43-56(6)7)53-78-82(71,72)76-49-57(64)48-75-81(69,70)77-52-58(50-74-61(66)45-38-31-23-19-18-21-28-35-42-55(4)5)79-62(67)46-39-32-24-17-15-13-14-16-20-27-34-41-54(2)3/h54-59,64H,8-53H2,1-7H3,(H,69,70)(H,71,72)/t57-,58-,59-/m1/s1. The summed E-state index contributed by atoms with van der Waals surface area (Å²) < 4.78 is 67.9. The molecule has 2 unspecified atom stereocenters. The lowest BCUT2D eigenvalue weighted by atomic mass is 10.0. The van der Waals surface area contributed by atoms with E-state index in [-0.39, 0.29) is 25.7 Å². The molecule has 0 aliphatic heterocycles. The fourth-order valence-corrected chi connectivity index (χ4v) is 10.9. The summed E-state index contributed by atoms with van der Waals surface area (Å²) in [5.41, 5.74) is 0. The maximum Gasteiger partial charge on any atom is 0.472 e. The Hall–Kier alpha value is -1.94. The molecule has 0 aromatic carbocycles. The van der Waals surface area contributed by atoms with Crippen molar-refractivity contribution in [2.45, 2.75) is 324 Å². The summed E-state index contributed by atoms with van der Waals surface area (Å²) in [6.45, 7) is 11.6. The summed E-state index contributed by atoms with van der Waals surface area (Å²) in [4.78, 5) is 72.1. The third kappa shape index (κ3) is 57.2.